The fourth-order valence-electron chi connectivity index (χ4n) is 1.80. The molecule has 0 aromatic heterocycles. The summed E-state index contributed by atoms with van der Waals surface area (Å²) in [6.07, 6.45) is 0. The Morgan fingerprint density at radius 1 is 1.20 bits per heavy atom. The minimum absolute atomic E-state index is 0.291. The highest BCUT2D eigenvalue weighted by Crippen LogP contribution is 2.31. The Hall–Kier alpha value is -0.980. The molecule has 0 spiro atoms. The number of halogens is 3. The monoisotopic (exact) mass is 416 g/mol. The summed E-state index contributed by atoms with van der Waals surface area (Å²) < 4.78 is 14.7. The van der Waals surface area contributed by atoms with E-state index in [2.05, 4.69) is 37.2 Å². The van der Waals surface area contributed by atoms with E-state index >= 15 is 0 Å². The number of hydrogen-bond acceptors (Lipinski definition) is 2. The number of anilines is 2. The molecule has 3 N–H and O–H groups in total. The van der Waals surface area contributed by atoms with Gasteiger partial charge in [-0.1, -0.05) is 18.3 Å². The first-order chi connectivity index (χ1) is 9.40. The zero-order chi connectivity index (χ0) is 14.9. The molecule has 0 unspecified atom stereocenters. The van der Waals surface area contributed by atoms with Crippen LogP contribution in [0.5, 0.6) is 0 Å². The van der Waals surface area contributed by atoms with E-state index in [9.17, 15) is 4.39 Å². The highest BCUT2D eigenvalue weighted by atomic mass is 79.9. The van der Waals surface area contributed by atoms with Gasteiger partial charge in [0, 0.05) is 21.4 Å². The van der Waals surface area contributed by atoms with Crippen molar-refractivity contribution in [3.05, 3.63) is 56.2 Å². The molecule has 20 heavy (non-hydrogen) atoms. The molecular formula is C14H11Br2FN2S. The average Bonchev–Trinajstić information content (AvgIpc) is 2.35. The van der Waals surface area contributed by atoms with Crippen molar-refractivity contribution >= 4 is 60.4 Å². The van der Waals surface area contributed by atoms with Crippen LogP contribution in [-0.4, -0.2) is 4.99 Å². The minimum atomic E-state index is -0.295. The third-order valence-corrected chi connectivity index (χ3v) is 4.27. The van der Waals surface area contributed by atoms with E-state index in [1.807, 2.05) is 25.1 Å². The summed E-state index contributed by atoms with van der Waals surface area (Å²) in [5.74, 6) is -0.295. The SMILES string of the molecule is Cc1cc(F)c(Br)cc1Nc1cccc(Br)c1C(N)=S. The Balaban J connectivity index is 2.48. The molecule has 6 heteroatoms. The fourth-order valence-corrected chi connectivity index (χ4v) is 3.08. The van der Waals surface area contributed by atoms with Crippen LogP contribution in [0.4, 0.5) is 15.8 Å². The Labute approximate surface area is 138 Å². The summed E-state index contributed by atoms with van der Waals surface area (Å²) in [5, 5.41) is 3.24. The summed E-state index contributed by atoms with van der Waals surface area (Å²) in [5.41, 5.74) is 8.83. The molecule has 0 aliphatic heterocycles. The number of benzene rings is 2. The summed E-state index contributed by atoms with van der Waals surface area (Å²) in [4.78, 5) is 0.291. The number of nitrogens with two attached hydrogens (primary N) is 1. The second kappa shape index (κ2) is 6.20. The van der Waals surface area contributed by atoms with Crippen molar-refractivity contribution in [1.29, 1.82) is 0 Å². The van der Waals surface area contributed by atoms with Gasteiger partial charge in [0.2, 0.25) is 0 Å². The Kier molecular flexibility index (Phi) is 4.78. The number of thiocarbonyl (C=S) groups is 1. The number of aryl methyl sites for hydroxylation is 1. The highest BCUT2D eigenvalue weighted by molar-refractivity contribution is 9.10. The Morgan fingerprint density at radius 2 is 1.90 bits per heavy atom. The minimum Gasteiger partial charge on any atom is -0.389 e. The smallest absolute Gasteiger partial charge is 0.137 e. The van der Waals surface area contributed by atoms with E-state index in [1.54, 1.807) is 6.07 Å². The van der Waals surface area contributed by atoms with Crippen molar-refractivity contribution in [3.63, 3.8) is 0 Å². The van der Waals surface area contributed by atoms with Crippen molar-refractivity contribution < 1.29 is 4.39 Å². The zero-order valence-corrected chi connectivity index (χ0v) is 14.5. The molecule has 0 saturated carbocycles. The molecule has 0 fully saturated rings. The fraction of sp³-hybridized carbons (Fsp3) is 0.0714. The van der Waals surface area contributed by atoms with Crippen LogP contribution in [0.1, 0.15) is 11.1 Å². The molecule has 2 aromatic carbocycles. The Morgan fingerprint density at radius 3 is 2.55 bits per heavy atom. The Bertz CT molecular complexity index is 689. The molecule has 0 aliphatic rings. The molecule has 0 aliphatic carbocycles. The lowest BCUT2D eigenvalue weighted by atomic mass is 10.1. The summed E-state index contributed by atoms with van der Waals surface area (Å²) in [7, 11) is 0. The van der Waals surface area contributed by atoms with E-state index in [4.69, 9.17) is 18.0 Å². The molecule has 0 heterocycles. The maximum absolute atomic E-state index is 13.4. The van der Waals surface area contributed by atoms with E-state index in [0.717, 1.165) is 27.0 Å². The van der Waals surface area contributed by atoms with E-state index in [0.29, 0.717) is 9.46 Å². The standard InChI is InChI=1S/C14H11Br2FN2S/c1-7-5-10(17)9(16)6-12(7)19-11-4-2-3-8(15)13(11)14(18)20/h2-6,19H,1H3,(H2,18,20). The van der Waals surface area contributed by atoms with Gasteiger partial charge in [-0.2, -0.15) is 0 Å². The van der Waals surface area contributed by atoms with Gasteiger partial charge in [0.15, 0.2) is 0 Å². The van der Waals surface area contributed by atoms with Gasteiger partial charge in [-0.15, -0.1) is 0 Å². The molecule has 2 rings (SSSR count). The third kappa shape index (κ3) is 3.19. The normalized spacial score (nSPS) is 10.4. The number of hydrogen-bond donors (Lipinski definition) is 2. The van der Waals surface area contributed by atoms with Crippen molar-refractivity contribution in [2.45, 2.75) is 6.92 Å². The van der Waals surface area contributed by atoms with E-state index in [1.165, 1.54) is 6.07 Å². The molecule has 2 nitrogen and oxygen atoms in total. The predicted octanol–water partition coefficient (Wildman–Crippen LogP) is 5.04. The quantitative estimate of drug-likeness (QED) is 0.687. The maximum atomic E-state index is 13.4. The molecule has 0 atom stereocenters. The van der Waals surface area contributed by atoms with Gasteiger partial charge in [-0.25, -0.2) is 4.39 Å². The summed E-state index contributed by atoms with van der Waals surface area (Å²) in [6.45, 7) is 1.83. The lowest BCUT2D eigenvalue weighted by Crippen LogP contribution is -2.13. The lowest BCUT2D eigenvalue weighted by Gasteiger charge is -2.15. The van der Waals surface area contributed by atoms with Crippen LogP contribution < -0.4 is 11.1 Å². The van der Waals surface area contributed by atoms with Crippen LogP contribution in [0, 0.1) is 12.7 Å². The first-order valence-corrected chi connectivity index (χ1v) is 7.70. The second-order valence-electron chi connectivity index (χ2n) is 4.23. The molecular weight excluding hydrogens is 407 g/mol. The first-order valence-electron chi connectivity index (χ1n) is 5.71. The van der Waals surface area contributed by atoms with Gasteiger partial charge in [0.25, 0.3) is 0 Å². The van der Waals surface area contributed by atoms with E-state index < -0.39 is 0 Å². The first kappa shape index (κ1) is 15.4. The molecule has 0 saturated heterocycles. The topological polar surface area (TPSA) is 38.0 Å². The predicted molar refractivity (Wildman–Crippen MR) is 92.1 cm³/mol. The van der Waals surface area contributed by atoms with Crippen LogP contribution in [0.25, 0.3) is 0 Å². The average molecular weight is 418 g/mol. The lowest BCUT2D eigenvalue weighted by molar-refractivity contribution is 0.620. The van der Waals surface area contributed by atoms with Crippen molar-refractivity contribution in [2.75, 3.05) is 5.32 Å². The number of nitrogens with one attached hydrogen (secondary N) is 1. The third-order valence-electron chi connectivity index (χ3n) is 2.80. The van der Waals surface area contributed by atoms with Crippen molar-refractivity contribution in [3.8, 4) is 0 Å². The molecule has 104 valence electrons. The van der Waals surface area contributed by atoms with Gasteiger partial charge in [0.1, 0.15) is 10.8 Å². The van der Waals surface area contributed by atoms with Crippen LogP contribution in [0.15, 0.2) is 39.3 Å². The van der Waals surface area contributed by atoms with E-state index in [-0.39, 0.29) is 5.82 Å². The van der Waals surface area contributed by atoms with Gasteiger partial charge in [-0.05, 0) is 68.6 Å². The molecule has 2 aromatic rings. The van der Waals surface area contributed by atoms with Crippen LogP contribution in [0.2, 0.25) is 0 Å². The van der Waals surface area contributed by atoms with Crippen molar-refractivity contribution in [2.24, 2.45) is 5.73 Å². The summed E-state index contributed by atoms with van der Waals surface area (Å²) in [6, 6.07) is 8.77. The number of rotatable bonds is 3. The van der Waals surface area contributed by atoms with Gasteiger partial charge in [-0.3, -0.25) is 0 Å². The van der Waals surface area contributed by atoms with Crippen LogP contribution in [0.3, 0.4) is 0 Å². The highest BCUT2D eigenvalue weighted by Gasteiger charge is 2.11. The molecule has 0 radical (unpaired) electrons. The van der Waals surface area contributed by atoms with Crippen LogP contribution >= 0.6 is 44.1 Å². The van der Waals surface area contributed by atoms with Gasteiger partial charge in [0.05, 0.1) is 4.47 Å². The molecule has 0 amide bonds. The van der Waals surface area contributed by atoms with Crippen molar-refractivity contribution in [1.82, 2.24) is 0 Å². The van der Waals surface area contributed by atoms with Crippen LogP contribution in [-0.2, 0) is 0 Å². The van der Waals surface area contributed by atoms with Gasteiger partial charge < -0.3 is 11.1 Å². The largest absolute Gasteiger partial charge is 0.389 e. The van der Waals surface area contributed by atoms with Gasteiger partial charge >= 0.3 is 0 Å². The summed E-state index contributed by atoms with van der Waals surface area (Å²) >= 11 is 11.7. The maximum Gasteiger partial charge on any atom is 0.137 e. The second-order valence-corrected chi connectivity index (χ2v) is 6.38. The molecule has 0 bridgehead atoms. The zero-order valence-electron chi connectivity index (χ0n) is 10.5.